The maximum atomic E-state index is 12.7. The molecule has 0 saturated heterocycles. The summed E-state index contributed by atoms with van der Waals surface area (Å²) >= 11 is 2.19. The average Bonchev–Trinajstić information content (AvgIpc) is 2.52. The topological polar surface area (TPSA) is 37.8 Å². The number of nitrogens with one attached hydrogen (secondary N) is 1. The van der Waals surface area contributed by atoms with Crippen molar-refractivity contribution >= 4 is 39.3 Å². The average molecular weight is 429 g/mol. The van der Waals surface area contributed by atoms with Crippen LogP contribution >= 0.6 is 22.6 Å². The fourth-order valence-electron chi connectivity index (χ4n) is 2.21. The van der Waals surface area contributed by atoms with E-state index in [0.717, 1.165) is 26.6 Å². The molecule has 0 aliphatic carbocycles. The first-order valence-electron chi connectivity index (χ1n) is 6.74. The predicted molar refractivity (Wildman–Crippen MR) is 91.0 cm³/mol. The van der Waals surface area contributed by atoms with Gasteiger partial charge in [0, 0.05) is 15.5 Å². The number of fused-ring (bicyclic) bond motifs is 1. The summed E-state index contributed by atoms with van der Waals surface area (Å²) in [5.41, 5.74) is 0.670. The molecule has 0 unspecified atom stereocenters. The summed E-state index contributed by atoms with van der Waals surface area (Å²) < 4.78 is 39.3. The molecule has 0 saturated carbocycles. The van der Waals surface area contributed by atoms with Gasteiger partial charge in [-0.2, -0.15) is 13.2 Å². The van der Waals surface area contributed by atoms with Crippen LogP contribution in [-0.4, -0.2) is 9.97 Å². The Bertz CT molecular complexity index is 849. The Morgan fingerprint density at radius 2 is 1.87 bits per heavy atom. The van der Waals surface area contributed by atoms with E-state index in [4.69, 9.17) is 0 Å². The SMILES string of the molecule is FC(F)(F)c1cccc(CNc2ncnc3ccc(I)cc23)c1. The van der Waals surface area contributed by atoms with Crippen LogP contribution in [0.25, 0.3) is 10.9 Å². The summed E-state index contributed by atoms with van der Waals surface area (Å²) in [5.74, 6) is 0.603. The number of hydrogen-bond acceptors (Lipinski definition) is 3. The molecule has 1 aromatic heterocycles. The van der Waals surface area contributed by atoms with Crippen LogP contribution in [0.4, 0.5) is 19.0 Å². The minimum atomic E-state index is -4.34. The largest absolute Gasteiger partial charge is 0.416 e. The van der Waals surface area contributed by atoms with Crippen molar-refractivity contribution in [2.24, 2.45) is 0 Å². The highest BCUT2D eigenvalue weighted by atomic mass is 127. The van der Waals surface area contributed by atoms with Gasteiger partial charge in [0.15, 0.2) is 0 Å². The number of alkyl halides is 3. The van der Waals surface area contributed by atoms with Crippen LogP contribution in [0.3, 0.4) is 0 Å². The molecule has 0 spiro atoms. The predicted octanol–water partition coefficient (Wildman–Crippen LogP) is 4.87. The Kier molecular flexibility index (Phi) is 4.38. The molecule has 0 atom stereocenters. The number of hydrogen-bond donors (Lipinski definition) is 1. The van der Waals surface area contributed by atoms with Gasteiger partial charge in [-0.05, 0) is 58.5 Å². The second kappa shape index (κ2) is 6.31. The summed E-state index contributed by atoms with van der Waals surface area (Å²) in [5, 5.41) is 3.93. The molecule has 3 nitrogen and oxygen atoms in total. The van der Waals surface area contributed by atoms with Gasteiger partial charge >= 0.3 is 6.18 Å². The molecule has 0 fully saturated rings. The van der Waals surface area contributed by atoms with Crippen molar-refractivity contribution < 1.29 is 13.2 Å². The summed E-state index contributed by atoms with van der Waals surface area (Å²) in [6, 6.07) is 11.0. The Balaban J connectivity index is 1.85. The highest BCUT2D eigenvalue weighted by molar-refractivity contribution is 14.1. The van der Waals surface area contributed by atoms with Crippen LogP contribution in [0, 0.1) is 3.57 Å². The molecule has 23 heavy (non-hydrogen) atoms. The van der Waals surface area contributed by atoms with E-state index in [9.17, 15) is 13.2 Å². The molecule has 0 amide bonds. The zero-order valence-electron chi connectivity index (χ0n) is 11.7. The number of rotatable bonds is 3. The molecular weight excluding hydrogens is 418 g/mol. The van der Waals surface area contributed by atoms with E-state index < -0.39 is 11.7 Å². The molecule has 2 aromatic carbocycles. The monoisotopic (exact) mass is 429 g/mol. The minimum Gasteiger partial charge on any atom is -0.365 e. The third kappa shape index (κ3) is 3.72. The van der Waals surface area contributed by atoms with Crippen LogP contribution in [0.1, 0.15) is 11.1 Å². The van der Waals surface area contributed by atoms with Crippen molar-refractivity contribution in [1.29, 1.82) is 0 Å². The molecule has 3 aromatic rings. The van der Waals surface area contributed by atoms with Crippen LogP contribution in [0.2, 0.25) is 0 Å². The van der Waals surface area contributed by atoms with Gasteiger partial charge in [0.05, 0.1) is 11.1 Å². The lowest BCUT2D eigenvalue weighted by molar-refractivity contribution is -0.137. The van der Waals surface area contributed by atoms with E-state index in [1.165, 1.54) is 12.4 Å². The summed E-state index contributed by atoms with van der Waals surface area (Å²) in [4.78, 5) is 8.37. The number of anilines is 1. The smallest absolute Gasteiger partial charge is 0.365 e. The van der Waals surface area contributed by atoms with Gasteiger partial charge in [-0.15, -0.1) is 0 Å². The first-order chi connectivity index (χ1) is 10.9. The van der Waals surface area contributed by atoms with Gasteiger partial charge in [0.25, 0.3) is 0 Å². The van der Waals surface area contributed by atoms with Crippen molar-refractivity contribution in [2.45, 2.75) is 12.7 Å². The lowest BCUT2D eigenvalue weighted by Gasteiger charge is -2.11. The van der Waals surface area contributed by atoms with E-state index in [1.54, 1.807) is 6.07 Å². The lowest BCUT2D eigenvalue weighted by atomic mass is 10.1. The van der Waals surface area contributed by atoms with E-state index in [0.29, 0.717) is 11.4 Å². The van der Waals surface area contributed by atoms with Crippen molar-refractivity contribution in [1.82, 2.24) is 9.97 Å². The Morgan fingerprint density at radius 3 is 2.65 bits per heavy atom. The second-order valence-corrected chi connectivity index (χ2v) is 6.18. The Labute approximate surface area is 144 Å². The Morgan fingerprint density at radius 1 is 1.04 bits per heavy atom. The number of aromatic nitrogens is 2. The van der Waals surface area contributed by atoms with E-state index in [2.05, 4.69) is 37.9 Å². The zero-order valence-corrected chi connectivity index (χ0v) is 13.9. The van der Waals surface area contributed by atoms with Gasteiger partial charge in [0.1, 0.15) is 12.1 Å². The van der Waals surface area contributed by atoms with Crippen molar-refractivity contribution in [3.8, 4) is 0 Å². The molecule has 0 aliphatic heterocycles. The van der Waals surface area contributed by atoms with Crippen LogP contribution in [0.5, 0.6) is 0 Å². The second-order valence-electron chi connectivity index (χ2n) is 4.94. The molecule has 0 radical (unpaired) electrons. The number of nitrogens with zero attached hydrogens (tertiary/aromatic N) is 2. The normalized spacial score (nSPS) is 11.7. The van der Waals surface area contributed by atoms with Gasteiger partial charge in [0.2, 0.25) is 0 Å². The van der Waals surface area contributed by atoms with Crippen LogP contribution in [-0.2, 0) is 12.7 Å². The van der Waals surface area contributed by atoms with Gasteiger partial charge in [-0.25, -0.2) is 9.97 Å². The first-order valence-corrected chi connectivity index (χ1v) is 7.81. The molecular formula is C16H11F3IN3. The lowest BCUT2D eigenvalue weighted by Crippen LogP contribution is -2.07. The van der Waals surface area contributed by atoms with Crippen molar-refractivity contribution in [2.75, 3.05) is 5.32 Å². The molecule has 1 heterocycles. The van der Waals surface area contributed by atoms with Crippen LogP contribution in [0.15, 0.2) is 48.8 Å². The van der Waals surface area contributed by atoms with Crippen molar-refractivity contribution in [3.05, 3.63) is 63.5 Å². The maximum absolute atomic E-state index is 12.7. The van der Waals surface area contributed by atoms with E-state index in [1.807, 2.05) is 18.2 Å². The van der Waals surface area contributed by atoms with Crippen LogP contribution < -0.4 is 5.32 Å². The van der Waals surface area contributed by atoms with E-state index in [-0.39, 0.29) is 6.54 Å². The highest BCUT2D eigenvalue weighted by Crippen LogP contribution is 2.30. The molecule has 0 bridgehead atoms. The summed E-state index contributed by atoms with van der Waals surface area (Å²) in [6.45, 7) is 0.251. The summed E-state index contributed by atoms with van der Waals surface area (Å²) in [7, 11) is 0. The number of halogens is 4. The molecule has 1 N–H and O–H groups in total. The molecule has 7 heteroatoms. The maximum Gasteiger partial charge on any atom is 0.416 e. The number of benzene rings is 2. The quantitative estimate of drug-likeness (QED) is 0.605. The minimum absolute atomic E-state index is 0.251. The third-order valence-electron chi connectivity index (χ3n) is 3.31. The fourth-order valence-corrected chi connectivity index (χ4v) is 2.70. The molecule has 3 rings (SSSR count). The highest BCUT2D eigenvalue weighted by Gasteiger charge is 2.30. The molecule has 118 valence electrons. The van der Waals surface area contributed by atoms with Gasteiger partial charge < -0.3 is 5.32 Å². The third-order valence-corrected chi connectivity index (χ3v) is 3.98. The Hall–Kier alpha value is -1.90. The molecule has 0 aliphatic rings. The zero-order chi connectivity index (χ0) is 16.4. The van der Waals surface area contributed by atoms with Crippen molar-refractivity contribution in [3.63, 3.8) is 0 Å². The van der Waals surface area contributed by atoms with E-state index >= 15 is 0 Å². The summed E-state index contributed by atoms with van der Waals surface area (Å²) in [6.07, 6.45) is -2.91. The first kappa shape index (κ1) is 16.0. The standard InChI is InChI=1S/C16H11F3IN3/c17-16(18,19)11-3-1-2-10(6-11)8-21-15-13-7-12(20)4-5-14(13)22-9-23-15/h1-7,9H,8H2,(H,21,22,23). The fraction of sp³-hybridized carbons (Fsp3) is 0.125. The van der Waals surface area contributed by atoms with Gasteiger partial charge in [-0.3, -0.25) is 0 Å². The van der Waals surface area contributed by atoms with Gasteiger partial charge in [-0.1, -0.05) is 12.1 Å².